The van der Waals surface area contributed by atoms with Crippen molar-refractivity contribution in [1.82, 2.24) is 5.32 Å². The predicted molar refractivity (Wildman–Crippen MR) is 103 cm³/mol. The summed E-state index contributed by atoms with van der Waals surface area (Å²) in [6, 6.07) is 18.0. The van der Waals surface area contributed by atoms with E-state index in [9.17, 15) is 0 Å². The fourth-order valence-electron chi connectivity index (χ4n) is 2.35. The molecule has 0 bridgehead atoms. The molecule has 0 spiro atoms. The third kappa shape index (κ3) is 5.72. The Morgan fingerprint density at radius 3 is 2.43 bits per heavy atom. The number of halogens is 2. The summed E-state index contributed by atoms with van der Waals surface area (Å²) in [5.41, 5.74) is 2.78. The summed E-state index contributed by atoms with van der Waals surface area (Å²) in [4.78, 5) is 0. The summed E-state index contributed by atoms with van der Waals surface area (Å²) in [5.74, 6) is 0.491. The van der Waals surface area contributed by atoms with E-state index in [1.807, 2.05) is 0 Å². The Bertz CT molecular complexity index is 566. The van der Waals surface area contributed by atoms with Crippen LogP contribution in [0.25, 0.3) is 0 Å². The zero-order valence-corrected chi connectivity index (χ0v) is 16.2. The highest BCUT2D eigenvalue weighted by atomic mass is 127. The van der Waals surface area contributed by atoms with Gasteiger partial charge in [0.15, 0.2) is 0 Å². The van der Waals surface area contributed by atoms with E-state index < -0.39 is 0 Å². The molecular formula is C18H21BrIN. The summed E-state index contributed by atoms with van der Waals surface area (Å²) >= 11 is 5.94. The molecule has 0 amide bonds. The van der Waals surface area contributed by atoms with Gasteiger partial charge in [-0.3, -0.25) is 0 Å². The van der Waals surface area contributed by atoms with E-state index in [0.717, 1.165) is 17.4 Å². The minimum atomic E-state index is 0.491. The van der Waals surface area contributed by atoms with Gasteiger partial charge in [-0.2, -0.15) is 0 Å². The molecule has 0 aromatic heterocycles. The van der Waals surface area contributed by atoms with Crippen molar-refractivity contribution in [1.29, 1.82) is 0 Å². The van der Waals surface area contributed by atoms with Gasteiger partial charge in [0.05, 0.1) is 0 Å². The molecule has 0 aliphatic rings. The third-order valence-electron chi connectivity index (χ3n) is 3.49. The summed E-state index contributed by atoms with van der Waals surface area (Å²) in [6.45, 7) is 5.39. The SMILES string of the molecule is CC(C)NCC(Cc1ccc(I)cc1)c1cccc(Br)c1. The smallest absolute Gasteiger partial charge is 0.0178 e. The lowest BCUT2D eigenvalue weighted by molar-refractivity contribution is 0.526. The molecule has 0 fully saturated rings. The topological polar surface area (TPSA) is 12.0 Å². The number of rotatable bonds is 6. The Morgan fingerprint density at radius 2 is 1.81 bits per heavy atom. The Labute approximate surface area is 149 Å². The van der Waals surface area contributed by atoms with Crippen molar-refractivity contribution >= 4 is 38.5 Å². The highest BCUT2D eigenvalue weighted by molar-refractivity contribution is 14.1. The normalized spacial score (nSPS) is 12.6. The highest BCUT2D eigenvalue weighted by Crippen LogP contribution is 2.24. The first-order chi connectivity index (χ1) is 10.0. The zero-order valence-electron chi connectivity index (χ0n) is 12.4. The molecule has 112 valence electrons. The Balaban J connectivity index is 2.17. The van der Waals surface area contributed by atoms with Crippen LogP contribution >= 0.6 is 38.5 Å². The molecule has 0 radical (unpaired) electrons. The molecule has 0 aliphatic heterocycles. The largest absolute Gasteiger partial charge is 0.314 e. The Kier molecular flexibility index (Phi) is 6.71. The minimum Gasteiger partial charge on any atom is -0.314 e. The van der Waals surface area contributed by atoms with Gasteiger partial charge >= 0.3 is 0 Å². The molecule has 2 rings (SSSR count). The van der Waals surface area contributed by atoms with Crippen molar-refractivity contribution in [3.8, 4) is 0 Å². The number of nitrogens with one attached hydrogen (secondary N) is 1. The Hall–Kier alpha value is -0.390. The molecular weight excluding hydrogens is 437 g/mol. The van der Waals surface area contributed by atoms with E-state index >= 15 is 0 Å². The minimum absolute atomic E-state index is 0.491. The second-order valence-corrected chi connectivity index (χ2v) is 7.81. The molecule has 0 heterocycles. The molecule has 1 atom stereocenters. The number of hydrogen-bond donors (Lipinski definition) is 1. The first kappa shape index (κ1) is 17.0. The molecule has 21 heavy (non-hydrogen) atoms. The summed E-state index contributed by atoms with van der Waals surface area (Å²) in [7, 11) is 0. The average molecular weight is 458 g/mol. The van der Waals surface area contributed by atoms with E-state index in [2.05, 4.69) is 106 Å². The van der Waals surface area contributed by atoms with E-state index in [1.54, 1.807) is 0 Å². The first-order valence-electron chi connectivity index (χ1n) is 7.28. The highest BCUT2D eigenvalue weighted by Gasteiger charge is 2.13. The van der Waals surface area contributed by atoms with Crippen molar-refractivity contribution in [3.05, 3.63) is 67.7 Å². The molecule has 0 aliphatic carbocycles. The van der Waals surface area contributed by atoms with Gasteiger partial charge in [0.1, 0.15) is 0 Å². The average Bonchev–Trinajstić information content (AvgIpc) is 2.45. The van der Waals surface area contributed by atoms with Crippen LogP contribution in [0, 0.1) is 3.57 Å². The lowest BCUT2D eigenvalue weighted by Crippen LogP contribution is -2.29. The lowest BCUT2D eigenvalue weighted by atomic mass is 9.92. The van der Waals surface area contributed by atoms with Crippen LogP contribution < -0.4 is 5.32 Å². The van der Waals surface area contributed by atoms with Crippen LogP contribution in [0.15, 0.2) is 53.0 Å². The van der Waals surface area contributed by atoms with Crippen LogP contribution in [0.5, 0.6) is 0 Å². The van der Waals surface area contributed by atoms with Crippen LogP contribution in [-0.2, 0) is 6.42 Å². The van der Waals surface area contributed by atoms with E-state index in [1.165, 1.54) is 14.7 Å². The van der Waals surface area contributed by atoms with Gasteiger partial charge < -0.3 is 5.32 Å². The maximum absolute atomic E-state index is 3.58. The van der Waals surface area contributed by atoms with Crippen LogP contribution in [0.3, 0.4) is 0 Å². The van der Waals surface area contributed by atoms with Crippen LogP contribution in [0.1, 0.15) is 30.9 Å². The first-order valence-corrected chi connectivity index (χ1v) is 9.15. The quantitative estimate of drug-likeness (QED) is 0.574. The van der Waals surface area contributed by atoms with Gasteiger partial charge in [0, 0.05) is 26.5 Å². The van der Waals surface area contributed by atoms with Gasteiger partial charge in [-0.1, -0.05) is 54.0 Å². The van der Waals surface area contributed by atoms with Crippen molar-refractivity contribution in [2.75, 3.05) is 6.54 Å². The van der Waals surface area contributed by atoms with Crippen LogP contribution in [-0.4, -0.2) is 12.6 Å². The summed E-state index contributed by atoms with van der Waals surface area (Å²) < 4.78 is 2.44. The maximum atomic E-state index is 3.58. The van der Waals surface area contributed by atoms with Gasteiger partial charge in [-0.25, -0.2) is 0 Å². The second-order valence-electron chi connectivity index (χ2n) is 5.65. The second kappa shape index (κ2) is 8.30. The van der Waals surface area contributed by atoms with Crippen molar-refractivity contribution in [2.24, 2.45) is 0 Å². The standard InChI is InChI=1S/C18H21BrIN/c1-13(2)21-12-16(15-4-3-5-17(19)11-15)10-14-6-8-18(20)9-7-14/h3-9,11,13,16,21H,10,12H2,1-2H3. The van der Waals surface area contributed by atoms with E-state index in [-0.39, 0.29) is 0 Å². The Morgan fingerprint density at radius 1 is 1.10 bits per heavy atom. The molecule has 1 unspecified atom stereocenters. The molecule has 1 N–H and O–H groups in total. The number of hydrogen-bond acceptors (Lipinski definition) is 1. The molecule has 2 aromatic carbocycles. The van der Waals surface area contributed by atoms with Gasteiger partial charge in [-0.05, 0) is 64.4 Å². The van der Waals surface area contributed by atoms with Crippen molar-refractivity contribution < 1.29 is 0 Å². The summed E-state index contributed by atoms with van der Waals surface area (Å²) in [5, 5.41) is 3.58. The fourth-order valence-corrected chi connectivity index (χ4v) is 3.13. The molecule has 3 heteroatoms. The third-order valence-corrected chi connectivity index (χ3v) is 4.70. The summed E-state index contributed by atoms with van der Waals surface area (Å²) in [6.07, 6.45) is 1.06. The monoisotopic (exact) mass is 457 g/mol. The molecule has 0 saturated heterocycles. The van der Waals surface area contributed by atoms with E-state index in [4.69, 9.17) is 0 Å². The predicted octanol–water partition coefficient (Wildman–Crippen LogP) is 5.38. The number of benzene rings is 2. The van der Waals surface area contributed by atoms with Crippen LogP contribution in [0.2, 0.25) is 0 Å². The maximum Gasteiger partial charge on any atom is 0.0178 e. The zero-order chi connectivity index (χ0) is 15.2. The fraction of sp³-hybridized carbons (Fsp3) is 0.333. The van der Waals surface area contributed by atoms with Crippen molar-refractivity contribution in [2.45, 2.75) is 32.2 Å². The lowest BCUT2D eigenvalue weighted by Gasteiger charge is -2.20. The molecule has 2 aromatic rings. The van der Waals surface area contributed by atoms with Gasteiger partial charge in [0.2, 0.25) is 0 Å². The molecule has 1 nitrogen and oxygen atoms in total. The van der Waals surface area contributed by atoms with Crippen molar-refractivity contribution in [3.63, 3.8) is 0 Å². The van der Waals surface area contributed by atoms with Crippen LogP contribution in [0.4, 0.5) is 0 Å². The van der Waals surface area contributed by atoms with Gasteiger partial charge in [-0.15, -0.1) is 0 Å². The van der Waals surface area contributed by atoms with Gasteiger partial charge in [0.25, 0.3) is 0 Å². The molecule has 0 saturated carbocycles. The van der Waals surface area contributed by atoms with E-state index in [0.29, 0.717) is 12.0 Å².